The molecule has 1 saturated heterocycles. The van der Waals surface area contributed by atoms with Gasteiger partial charge in [-0.25, -0.2) is 4.98 Å². The number of nitro groups is 1. The lowest BCUT2D eigenvalue weighted by Gasteiger charge is -2.29. The summed E-state index contributed by atoms with van der Waals surface area (Å²) in [5.41, 5.74) is 1.63. The minimum Gasteiger partial charge on any atom is -0.379 e. The third-order valence-corrected chi connectivity index (χ3v) is 7.13. The number of halogens is 1. The molecule has 176 valence electrons. The van der Waals surface area contributed by atoms with E-state index < -0.39 is 4.92 Å². The predicted octanol–water partition coefficient (Wildman–Crippen LogP) is 4.26. The van der Waals surface area contributed by atoms with Crippen LogP contribution in [0.15, 0.2) is 47.4 Å². The van der Waals surface area contributed by atoms with E-state index in [1.54, 1.807) is 28.8 Å². The number of rotatable bonds is 8. The molecule has 4 rings (SSSR count). The first-order valence-corrected chi connectivity index (χ1v) is 12.4. The third-order valence-electron chi connectivity index (χ3n) is 5.36. The van der Waals surface area contributed by atoms with E-state index in [2.05, 4.69) is 11.0 Å². The van der Waals surface area contributed by atoms with E-state index >= 15 is 0 Å². The molecule has 0 saturated carbocycles. The fourth-order valence-corrected chi connectivity index (χ4v) is 5.10. The molecule has 0 N–H and O–H groups in total. The molecule has 0 atom stereocenters. The summed E-state index contributed by atoms with van der Waals surface area (Å²) in [7, 11) is 0. The largest absolute Gasteiger partial charge is 0.379 e. The van der Waals surface area contributed by atoms with E-state index in [1.165, 1.54) is 23.5 Å². The second kappa shape index (κ2) is 11.8. The van der Waals surface area contributed by atoms with Crippen LogP contribution in [0.1, 0.15) is 5.56 Å². The van der Waals surface area contributed by atoms with Crippen molar-refractivity contribution < 1.29 is 14.5 Å². The van der Waals surface area contributed by atoms with E-state index in [0.29, 0.717) is 24.9 Å². The molecule has 1 amide bonds. The molecule has 11 heteroatoms. The average Bonchev–Trinajstić information content (AvgIpc) is 3.23. The van der Waals surface area contributed by atoms with Gasteiger partial charge in [-0.15, -0.1) is 24.2 Å². The molecule has 3 aromatic rings. The van der Waals surface area contributed by atoms with Gasteiger partial charge < -0.3 is 4.74 Å². The van der Waals surface area contributed by atoms with E-state index in [9.17, 15) is 14.9 Å². The van der Waals surface area contributed by atoms with Crippen LogP contribution in [0.5, 0.6) is 0 Å². The summed E-state index contributed by atoms with van der Waals surface area (Å²) in [6.07, 6.45) is 2.19. The Hall–Kier alpha value is -2.24. The first-order valence-electron chi connectivity index (χ1n) is 10.3. The number of aromatic nitrogens is 1. The van der Waals surface area contributed by atoms with E-state index in [1.807, 2.05) is 18.4 Å². The minimum absolute atomic E-state index is 0. The molecule has 0 spiro atoms. The van der Waals surface area contributed by atoms with Crippen LogP contribution in [-0.4, -0.2) is 66.4 Å². The van der Waals surface area contributed by atoms with E-state index in [4.69, 9.17) is 9.72 Å². The highest BCUT2D eigenvalue weighted by molar-refractivity contribution is 7.98. The second-order valence-corrected chi connectivity index (χ2v) is 9.32. The number of thioether (sulfide) groups is 1. The maximum absolute atomic E-state index is 13.3. The zero-order valence-corrected chi connectivity index (χ0v) is 20.6. The Labute approximate surface area is 206 Å². The molecular formula is C22H25ClN4O4S2. The average molecular weight is 509 g/mol. The van der Waals surface area contributed by atoms with Crippen LogP contribution in [-0.2, 0) is 16.0 Å². The summed E-state index contributed by atoms with van der Waals surface area (Å²) in [6, 6.07) is 12.3. The van der Waals surface area contributed by atoms with Crippen molar-refractivity contribution in [3.8, 4) is 0 Å². The van der Waals surface area contributed by atoms with E-state index in [0.717, 1.165) is 40.3 Å². The quantitative estimate of drug-likeness (QED) is 0.255. The number of benzene rings is 2. The standard InChI is InChI=1S/C22H24N4O4S2.ClH/c1-31-18-6-7-19-20(15-18)32-22(23-19)25(9-8-24-10-12-30-13-11-24)21(27)14-16-2-4-17(5-3-16)26(28)29;/h2-7,15H,8-14H2,1H3;1H. The second-order valence-electron chi connectivity index (χ2n) is 7.43. The van der Waals surface area contributed by atoms with E-state index in [-0.39, 0.29) is 30.4 Å². The molecule has 1 fully saturated rings. The molecule has 33 heavy (non-hydrogen) atoms. The van der Waals surface area contributed by atoms with Crippen molar-refractivity contribution in [3.05, 3.63) is 58.1 Å². The summed E-state index contributed by atoms with van der Waals surface area (Å²) < 4.78 is 6.47. The third kappa shape index (κ3) is 6.42. The number of carbonyl (C=O) groups excluding carboxylic acids is 1. The van der Waals surface area contributed by atoms with Crippen molar-refractivity contribution in [1.82, 2.24) is 9.88 Å². The van der Waals surface area contributed by atoms with Crippen molar-refractivity contribution in [2.75, 3.05) is 50.5 Å². The molecule has 0 bridgehead atoms. The van der Waals surface area contributed by atoms with Crippen molar-refractivity contribution in [2.24, 2.45) is 0 Å². The Morgan fingerprint density at radius 2 is 1.97 bits per heavy atom. The lowest BCUT2D eigenvalue weighted by Crippen LogP contribution is -2.43. The van der Waals surface area contributed by atoms with Gasteiger partial charge in [0.1, 0.15) is 0 Å². The van der Waals surface area contributed by atoms with Gasteiger partial charge in [0.05, 0.1) is 34.8 Å². The minimum atomic E-state index is -0.440. The number of hydrogen-bond donors (Lipinski definition) is 0. The van der Waals surface area contributed by atoms with Crippen LogP contribution < -0.4 is 4.90 Å². The fourth-order valence-electron chi connectivity index (χ4n) is 3.53. The van der Waals surface area contributed by atoms with Crippen LogP contribution in [0.25, 0.3) is 10.2 Å². The fraction of sp³-hybridized carbons (Fsp3) is 0.364. The number of ether oxygens (including phenoxy) is 1. The molecule has 0 aliphatic carbocycles. The number of nitro benzene ring substituents is 1. The van der Waals surface area contributed by atoms with Crippen molar-refractivity contribution >= 4 is 62.4 Å². The Kier molecular flexibility index (Phi) is 9.04. The number of anilines is 1. The molecule has 8 nitrogen and oxygen atoms in total. The monoisotopic (exact) mass is 508 g/mol. The van der Waals surface area contributed by atoms with Crippen molar-refractivity contribution in [1.29, 1.82) is 0 Å². The molecule has 2 aromatic carbocycles. The molecular weight excluding hydrogens is 484 g/mol. The maximum atomic E-state index is 13.3. The topological polar surface area (TPSA) is 88.8 Å². The summed E-state index contributed by atoms with van der Waals surface area (Å²) >= 11 is 3.19. The molecule has 0 radical (unpaired) electrons. The number of fused-ring (bicyclic) bond motifs is 1. The lowest BCUT2D eigenvalue weighted by molar-refractivity contribution is -0.384. The summed E-state index contributed by atoms with van der Waals surface area (Å²) in [5, 5.41) is 11.6. The normalized spacial score (nSPS) is 14.1. The number of non-ortho nitro benzene ring substituents is 1. The Bertz CT molecular complexity index is 1100. The summed E-state index contributed by atoms with van der Waals surface area (Å²) in [5.74, 6) is -0.0729. The van der Waals surface area contributed by atoms with Gasteiger partial charge in [-0.05, 0) is 30.0 Å². The van der Waals surface area contributed by atoms with Gasteiger partial charge in [0.25, 0.3) is 5.69 Å². The Morgan fingerprint density at radius 1 is 1.24 bits per heavy atom. The highest BCUT2D eigenvalue weighted by Gasteiger charge is 2.22. The summed E-state index contributed by atoms with van der Waals surface area (Å²) in [4.78, 5) is 33.7. The van der Waals surface area contributed by atoms with Crippen molar-refractivity contribution in [3.63, 3.8) is 0 Å². The zero-order valence-electron chi connectivity index (χ0n) is 18.1. The van der Waals surface area contributed by atoms with Gasteiger partial charge in [0.2, 0.25) is 5.91 Å². The van der Waals surface area contributed by atoms with Gasteiger partial charge in [0.15, 0.2) is 5.13 Å². The molecule has 0 unspecified atom stereocenters. The van der Waals surface area contributed by atoms with Gasteiger partial charge >= 0.3 is 0 Å². The molecule has 1 aliphatic heterocycles. The highest BCUT2D eigenvalue weighted by atomic mass is 35.5. The number of thiazole rings is 1. The number of carbonyl (C=O) groups is 1. The van der Waals surface area contributed by atoms with Crippen LogP contribution in [0.2, 0.25) is 0 Å². The Balaban J connectivity index is 0.00000306. The number of amides is 1. The first kappa shape index (κ1) is 25.4. The van der Waals surface area contributed by atoms with Crippen LogP contribution in [0.3, 0.4) is 0 Å². The van der Waals surface area contributed by atoms with Gasteiger partial charge in [-0.1, -0.05) is 23.5 Å². The number of hydrogen-bond acceptors (Lipinski definition) is 8. The first-order chi connectivity index (χ1) is 15.5. The molecule has 1 aromatic heterocycles. The van der Waals surface area contributed by atoms with Gasteiger partial charge in [-0.3, -0.25) is 24.7 Å². The lowest BCUT2D eigenvalue weighted by atomic mass is 10.1. The van der Waals surface area contributed by atoms with Crippen molar-refractivity contribution in [2.45, 2.75) is 11.3 Å². The predicted molar refractivity (Wildman–Crippen MR) is 135 cm³/mol. The zero-order chi connectivity index (χ0) is 22.5. The van der Waals surface area contributed by atoms with Gasteiger partial charge in [0, 0.05) is 43.2 Å². The van der Waals surface area contributed by atoms with Crippen LogP contribution >= 0.6 is 35.5 Å². The smallest absolute Gasteiger partial charge is 0.269 e. The number of nitrogens with zero attached hydrogens (tertiary/aromatic N) is 4. The Morgan fingerprint density at radius 3 is 2.64 bits per heavy atom. The number of morpholine rings is 1. The maximum Gasteiger partial charge on any atom is 0.269 e. The summed E-state index contributed by atoms with van der Waals surface area (Å²) in [6.45, 7) is 4.37. The molecule has 2 heterocycles. The highest BCUT2D eigenvalue weighted by Crippen LogP contribution is 2.32. The van der Waals surface area contributed by atoms with Crippen LogP contribution in [0.4, 0.5) is 10.8 Å². The van der Waals surface area contributed by atoms with Crippen LogP contribution in [0, 0.1) is 10.1 Å². The van der Waals surface area contributed by atoms with Gasteiger partial charge in [-0.2, -0.15) is 0 Å². The SMILES string of the molecule is CSc1ccc2nc(N(CCN3CCOCC3)C(=O)Cc3ccc([N+](=O)[O-])cc3)sc2c1.Cl. The molecule has 1 aliphatic rings.